The second-order valence-electron chi connectivity index (χ2n) is 2.32. The van der Waals surface area contributed by atoms with Crippen molar-refractivity contribution >= 4 is 21.7 Å². The van der Waals surface area contributed by atoms with Gasteiger partial charge in [-0.2, -0.15) is 0 Å². The number of hydrogen-bond acceptors (Lipinski definition) is 1. The van der Waals surface area contributed by atoms with Gasteiger partial charge in [0.2, 0.25) is 0 Å². The Labute approximate surface area is 82.2 Å². The molecule has 0 N–H and O–H groups in total. The Bertz CT molecular complexity index is 351. The van der Waals surface area contributed by atoms with E-state index in [0.717, 1.165) is 18.2 Å². The van der Waals surface area contributed by atoms with E-state index < -0.39 is 17.4 Å². The van der Waals surface area contributed by atoms with Crippen LogP contribution in [-0.2, 0) is 0 Å². The molecule has 0 spiro atoms. The van der Waals surface area contributed by atoms with E-state index in [1.54, 1.807) is 0 Å². The lowest BCUT2D eigenvalue weighted by molar-refractivity contribution is 0.104. The maximum absolute atomic E-state index is 12.9. The third kappa shape index (κ3) is 2.01. The predicted molar refractivity (Wildman–Crippen MR) is 48.6 cm³/mol. The molecule has 4 heteroatoms. The molecule has 0 aliphatic carbocycles. The Morgan fingerprint density at radius 3 is 2.23 bits per heavy atom. The maximum atomic E-state index is 12.9. The zero-order chi connectivity index (χ0) is 10.0. The first-order valence-corrected chi connectivity index (χ1v) is 4.17. The van der Waals surface area contributed by atoms with Gasteiger partial charge in [0.15, 0.2) is 5.78 Å². The minimum atomic E-state index is -0.801. The van der Waals surface area contributed by atoms with E-state index in [2.05, 4.69) is 22.5 Å². The largest absolute Gasteiger partial charge is 0.289 e. The van der Waals surface area contributed by atoms with Gasteiger partial charge in [0.25, 0.3) is 0 Å². The van der Waals surface area contributed by atoms with E-state index >= 15 is 0 Å². The lowest BCUT2D eigenvalue weighted by atomic mass is 10.1. The number of carbonyl (C=O) groups excluding carboxylic acids is 1. The molecule has 0 saturated carbocycles. The number of ketones is 1. The third-order valence-electron chi connectivity index (χ3n) is 1.45. The molecule has 13 heavy (non-hydrogen) atoms. The van der Waals surface area contributed by atoms with Crippen molar-refractivity contribution < 1.29 is 13.6 Å². The smallest absolute Gasteiger partial charge is 0.185 e. The van der Waals surface area contributed by atoms with Gasteiger partial charge < -0.3 is 0 Å². The van der Waals surface area contributed by atoms with E-state index in [1.807, 2.05) is 0 Å². The first-order chi connectivity index (χ1) is 6.06. The van der Waals surface area contributed by atoms with Crippen LogP contribution in [0.25, 0.3) is 0 Å². The summed E-state index contributed by atoms with van der Waals surface area (Å²) < 4.78 is 25.5. The molecule has 0 saturated heterocycles. The average molecular weight is 247 g/mol. The Hall–Kier alpha value is -1.03. The minimum Gasteiger partial charge on any atom is -0.289 e. The normalized spacial score (nSPS) is 9.77. The summed E-state index contributed by atoms with van der Waals surface area (Å²) in [6, 6.07) is 1.91. The van der Waals surface area contributed by atoms with E-state index in [1.165, 1.54) is 0 Å². The molecule has 0 unspecified atom stereocenters. The quantitative estimate of drug-likeness (QED) is 0.446. The molecule has 1 aromatic rings. The highest BCUT2D eigenvalue weighted by Gasteiger charge is 2.10. The molecule has 68 valence electrons. The summed E-state index contributed by atoms with van der Waals surface area (Å²) in [5.74, 6) is -2.11. The molecular formula is C9H5BrF2O. The van der Waals surface area contributed by atoms with Crippen molar-refractivity contribution in [1.82, 2.24) is 0 Å². The first kappa shape index (κ1) is 10.1. The zero-order valence-electron chi connectivity index (χ0n) is 6.48. The van der Waals surface area contributed by atoms with Gasteiger partial charge in [-0.3, -0.25) is 4.79 Å². The van der Waals surface area contributed by atoms with Crippen molar-refractivity contribution in [3.63, 3.8) is 0 Å². The Morgan fingerprint density at radius 1 is 1.38 bits per heavy atom. The molecule has 0 aromatic heterocycles. The number of hydrogen-bond donors (Lipinski definition) is 0. The Kier molecular flexibility index (Phi) is 2.93. The molecular weight excluding hydrogens is 242 g/mol. The highest BCUT2D eigenvalue weighted by Crippen LogP contribution is 2.21. The zero-order valence-corrected chi connectivity index (χ0v) is 8.07. The minimum absolute atomic E-state index is 0.0480. The van der Waals surface area contributed by atoms with Gasteiger partial charge in [-0.05, 0) is 34.1 Å². The molecule has 0 amide bonds. The van der Waals surface area contributed by atoms with E-state index in [9.17, 15) is 13.6 Å². The second-order valence-corrected chi connectivity index (χ2v) is 3.12. The summed E-state index contributed by atoms with van der Waals surface area (Å²) in [6.45, 7) is 3.21. The van der Waals surface area contributed by atoms with Crippen LogP contribution in [0.2, 0.25) is 0 Å². The van der Waals surface area contributed by atoms with Crippen molar-refractivity contribution in [1.29, 1.82) is 0 Å². The van der Waals surface area contributed by atoms with Gasteiger partial charge >= 0.3 is 0 Å². The number of allylic oxidation sites excluding steroid dienone is 1. The van der Waals surface area contributed by atoms with Gasteiger partial charge in [-0.25, -0.2) is 8.78 Å². The molecule has 0 aliphatic rings. The van der Waals surface area contributed by atoms with Crippen molar-refractivity contribution in [2.24, 2.45) is 0 Å². The van der Waals surface area contributed by atoms with Crippen LogP contribution in [-0.4, -0.2) is 5.78 Å². The number of benzene rings is 1. The molecule has 0 bridgehead atoms. The SMILES string of the molecule is C=CC(=O)c1cc(F)c(Br)c(F)c1. The fourth-order valence-corrected chi connectivity index (χ4v) is 1.04. The maximum Gasteiger partial charge on any atom is 0.185 e. The van der Waals surface area contributed by atoms with E-state index in [-0.39, 0.29) is 10.0 Å². The van der Waals surface area contributed by atoms with Crippen LogP contribution in [0, 0.1) is 11.6 Å². The molecule has 1 aromatic carbocycles. The van der Waals surface area contributed by atoms with Crippen molar-refractivity contribution in [3.8, 4) is 0 Å². The van der Waals surface area contributed by atoms with Crippen LogP contribution in [0.3, 0.4) is 0 Å². The summed E-state index contributed by atoms with van der Waals surface area (Å²) in [5.41, 5.74) is -0.0480. The topological polar surface area (TPSA) is 17.1 Å². The van der Waals surface area contributed by atoms with Crippen LogP contribution in [0.4, 0.5) is 8.78 Å². The van der Waals surface area contributed by atoms with Crippen molar-refractivity contribution in [2.75, 3.05) is 0 Å². The fraction of sp³-hybridized carbons (Fsp3) is 0. The first-order valence-electron chi connectivity index (χ1n) is 3.37. The highest BCUT2D eigenvalue weighted by molar-refractivity contribution is 9.10. The van der Waals surface area contributed by atoms with Gasteiger partial charge in [-0.1, -0.05) is 6.58 Å². The molecule has 1 nitrogen and oxygen atoms in total. The average Bonchev–Trinajstić information content (AvgIpc) is 2.12. The van der Waals surface area contributed by atoms with Crippen LogP contribution < -0.4 is 0 Å². The molecule has 0 heterocycles. The Morgan fingerprint density at radius 2 is 1.85 bits per heavy atom. The fourth-order valence-electron chi connectivity index (χ4n) is 0.816. The Balaban J connectivity index is 3.28. The lowest BCUT2D eigenvalue weighted by Crippen LogP contribution is -1.97. The summed E-state index contributed by atoms with van der Waals surface area (Å²) in [4.78, 5) is 11.0. The molecule has 0 aliphatic heterocycles. The van der Waals surface area contributed by atoms with Gasteiger partial charge in [0.1, 0.15) is 11.6 Å². The number of rotatable bonds is 2. The van der Waals surface area contributed by atoms with Gasteiger partial charge in [0.05, 0.1) is 4.47 Å². The summed E-state index contributed by atoms with van der Waals surface area (Å²) >= 11 is 2.70. The number of carbonyl (C=O) groups is 1. The molecule has 1 rings (SSSR count). The highest BCUT2D eigenvalue weighted by atomic mass is 79.9. The molecule has 0 fully saturated rings. The van der Waals surface area contributed by atoms with Crippen molar-refractivity contribution in [2.45, 2.75) is 0 Å². The van der Waals surface area contributed by atoms with Crippen LogP contribution >= 0.6 is 15.9 Å². The van der Waals surface area contributed by atoms with E-state index in [0.29, 0.717) is 0 Å². The second kappa shape index (κ2) is 3.79. The van der Waals surface area contributed by atoms with E-state index in [4.69, 9.17) is 0 Å². The van der Waals surface area contributed by atoms with Crippen LogP contribution in [0.1, 0.15) is 10.4 Å². The van der Waals surface area contributed by atoms with Gasteiger partial charge in [-0.15, -0.1) is 0 Å². The number of halogens is 3. The summed E-state index contributed by atoms with van der Waals surface area (Å²) in [7, 11) is 0. The summed E-state index contributed by atoms with van der Waals surface area (Å²) in [5, 5.41) is 0. The summed E-state index contributed by atoms with van der Waals surface area (Å²) in [6.07, 6.45) is 1.00. The molecule has 0 atom stereocenters. The standard InChI is InChI=1S/C9H5BrF2O/c1-2-8(13)5-3-6(11)9(10)7(12)4-5/h2-4H,1H2. The predicted octanol–water partition coefficient (Wildman–Crippen LogP) is 3.10. The van der Waals surface area contributed by atoms with Crippen LogP contribution in [0.15, 0.2) is 29.3 Å². The van der Waals surface area contributed by atoms with Crippen LogP contribution in [0.5, 0.6) is 0 Å². The third-order valence-corrected chi connectivity index (χ3v) is 2.21. The van der Waals surface area contributed by atoms with Crippen molar-refractivity contribution in [3.05, 3.63) is 46.5 Å². The molecule has 0 radical (unpaired) electrons. The lowest BCUT2D eigenvalue weighted by Gasteiger charge is -1.99. The monoisotopic (exact) mass is 246 g/mol. The van der Waals surface area contributed by atoms with Gasteiger partial charge in [0, 0.05) is 5.56 Å².